The summed E-state index contributed by atoms with van der Waals surface area (Å²) < 4.78 is 13.2. The zero-order valence-corrected chi connectivity index (χ0v) is 22.7. The Bertz CT molecular complexity index is 1170. The van der Waals surface area contributed by atoms with Gasteiger partial charge >= 0.3 is 0 Å². The number of hydrogen-bond donors (Lipinski definition) is 0. The quantitative estimate of drug-likeness (QED) is 0.366. The van der Waals surface area contributed by atoms with Crippen molar-refractivity contribution in [2.24, 2.45) is 23.7 Å². The van der Waals surface area contributed by atoms with Gasteiger partial charge in [-0.05, 0) is 62.1 Å². The Morgan fingerprint density at radius 1 is 0.553 bits per heavy atom. The molecule has 2 heterocycles. The largest absolute Gasteiger partial charge is 0.274 e. The van der Waals surface area contributed by atoms with Crippen LogP contribution in [0.15, 0.2) is 36.4 Å². The molecule has 0 aromatic heterocycles. The highest BCUT2D eigenvalue weighted by Gasteiger charge is 2.49. The molecule has 2 saturated heterocycles. The van der Waals surface area contributed by atoms with Crippen molar-refractivity contribution < 1.29 is 23.6 Å². The van der Waals surface area contributed by atoms with Gasteiger partial charge in [0, 0.05) is 0 Å². The molecule has 0 bridgehead atoms. The number of carbonyl (C=O) groups is 4. The van der Waals surface area contributed by atoms with Crippen molar-refractivity contribution in [2.45, 2.75) is 51.4 Å². The number of halogens is 4. The number of rotatable bonds is 2. The minimum Gasteiger partial charge on any atom is -0.274 e. The summed E-state index contributed by atoms with van der Waals surface area (Å²) in [5.74, 6) is -1.76. The van der Waals surface area contributed by atoms with Gasteiger partial charge in [0.2, 0.25) is 23.6 Å². The number of amides is 4. The topological polar surface area (TPSA) is 74.8 Å². The van der Waals surface area contributed by atoms with Crippen molar-refractivity contribution in [2.75, 3.05) is 9.80 Å². The number of nitrogens with zero attached hydrogens (tertiary/aromatic N) is 2. The fraction of sp³-hybridized carbons (Fsp3) is 0.429. The Balaban J connectivity index is 0.000000155. The van der Waals surface area contributed by atoms with Crippen molar-refractivity contribution in [3.05, 3.63) is 57.3 Å². The third-order valence-corrected chi connectivity index (χ3v) is 9.03. The monoisotopic (exact) mass is 578 g/mol. The minimum atomic E-state index is -0.554. The first-order valence-electron chi connectivity index (χ1n) is 12.8. The van der Waals surface area contributed by atoms with E-state index < -0.39 is 5.82 Å². The van der Waals surface area contributed by atoms with Crippen molar-refractivity contribution in [3.8, 4) is 0 Å². The van der Waals surface area contributed by atoms with Crippen LogP contribution in [0.25, 0.3) is 0 Å². The molecule has 38 heavy (non-hydrogen) atoms. The van der Waals surface area contributed by atoms with Crippen molar-refractivity contribution >= 4 is 69.8 Å². The molecule has 0 spiro atoms. The molecule has 4 amide bonds. The number of anilines is 2. The Hall–Kier alpha value is -2.48. The third kappa shape index (κ3) is 4.85. The standard InChI is InChI=1S/C14H13Cl2NO2.C14H13ClFNO2/c15-11-6-5-8(7-12(11)16)17-13(18)9-3-1-2-4-10(9)14(17)19;15-11-7-8(5-6-12(11)16)17-13(18)9-3-1-2-4-10(9)14(17)19/h2*5-7,9-10H,1-4H2. The highest BCUT2D eigenvalue weighted by Crippen LogP contribution is 2.42. The number of carbonyl (C=O) groups excluding carboxylic acids is 4. The second-order valence-electron chi connectivity index (χ2n) is 10.2. The molecule has 4 fully saturated rings. The second-order valence-corrected chi connectivity index (χ2v) is 11.4. The van der Waals surface area contributed by atoms with Gasteiger partial charge in [-0.2, -0.15) is 0 Å². The Morgan fingerprint density at radius 2 is 0.921 bits per heavy atom. The minimum absolute atomic E-state index is 0.0760. The van der Waals surface area contributed by atoms with E-state index in [0.29, 0.717) is 21.4 Å². The molecule has 2 aromatic carbocycles. The molecule has 4 unspecified atom stereocenters. The van der Waals surface area contributed by atoms with Gasteiger partial charge in [-0.1, -0.05) is 60.5 Å². The van der Waals surface area contributed by atoms with Gasteiger partial charge < -0.3 is 0 Å². The highest BCUT2D eigenvalue weighted by molar-refractivity contribution is 6.42. The first kappa shape index (κ1) is 27.1. The van der Waals surface area contributed by atoms with E-state index in [2.05, 4.69) is 0 Å². The summed E-state index contributed by atoms with van der Waals surface area (Å²) in [6, 6.07) is 8.80. The lowest BCUT2D eigenvalue weighted by Gasteiger charge is -2.19. The lowest BCUT2D eigenvalue weighted by atomic mass is 9.81. The van der Waals surface area contributed by atoms with Crippen LogP contribution in [0.5, 0.6) is 0 Å². The Morgan fingerprint density at radius 3 is 1.29 bits per heavy atom. The maximum atomic E-state index is 13.2. The zero-order valence-electron chi connectivity index (χ0n) is 20.5. The van der Waals surface area contributed by atoms with Crippen LogP contribution in [0.3, 0.4) is 0 Å². The number of benzene rings is 2. The van der Waals surface area contributed by atoms with Gasteiger partial charge in [-0.25, -0.2) is 4.39 Å². The van der Waals surface area contributed by atoms with E-state index in [1.54, 1.807) is 18.2 Å². The maximum Gasteiger partial charge on any atom is 0.237 e. The predicted molar refractivity (Wildman–Crippen MR) is 144 cm³/mol. The Kier molecular flexibility index (Phi) is 7.81. The summed E-state index contributed by atoms with van der Waals surface area (Å²) in [6.45, 7) is 0. The average Bonchev–Trinajstić information content (AvgIpc) is 3.32. The number of hydrogen-bond acceptors (Lipinski definition) is 4. The van der Waals surface area contributed by atoms with Gasteiger partial charge in [-0.15, -0.1) is 0 Å². The van der Waals surface area contributed by atoms with E-state index in [0.717, 1.165) is 51.4 Å². The predicted octanol–water partition coefficient (Wildman–Crippen LogP) is 6.83. The van der Waals surface area contributed by atoms with Gasteiger partial charge in [0.15, 0.2) is 0 Å². The van der Waals surface area contributed by atoms with Crippen molar-refractivity contribution in [3.63, 3.8) is 0 Å². The number of imide groups is 2. The van der Waals surface area contributed by atoms with Gasteiger partial charge in [0.05, 0.1) is 50.1 Å². The fourth-order valence-electron chi connectivity index (χ4n) is 6.08. The average molecular weight is 580 g/mol. The normalized spacial score (nSPS) is 26.7. The molecule has 4 aliphatic rings. The maximum absolute atomic E-state index is 13.2. The molecule has 2 aliphatic carbocycles. The molecule has 4 atom stereocenters. The summed E-state index contributed by atoms with van der Waals surface area (Å²) in [5.41, 5.74) is 0.898. The van der Waals surface area contributed by atoms with Crippen molar-refractivity contribution in [1.29, 1.82) is 0 Å². The molecule has 2 saturated carbocycles. The lowest BCUT2D eigenvalue weighted by molar-refractivity contribution is -0.124. The van der Waals surface area contributed by atoms with Crippen LogP contribution in [0.4, 0.5) is 15.8 Å². The molecule has 6 nitrogen and oxygen atoms in total. The summed E-state index contributed by atoms with van der Waals surface area (Å²) in [6.07, 6.45) is 7.17. The van der Waals surface area contributed by atoms with Crippen molar-refractivity contribution in [1.82, 2.24) is 0 Å². The molecule has 6 rings (SSSR count). The van der Waals surface area contributed by atoms with E-state index in [-0.39, 0.29) is 52.3 Å². The van der Waals surface area contributed by atoms with E-state index in [9.17, 15) is 23.6 Å². The summed E-state index contributed by atoms with van der Waals surface area (Å²) >= 11 is 17.5. The summed E-state index contributed by atoms with van der Waals surface area (Å²) in [7, 11) is 0. The van der Waals surface area contributed by atoms with Gasteiger partial charge in [0.1, 0.15) is 5.82 Å². The molecule has 2 aliphatic heterocycles. The molecule has 0 N–H and O–H groups in total. The van der Waals surface area contributed by atoms with Crippen LogP contribution in [0, 0.1) is 29.5 Å². The van der Waals surface area contributed by atoms with Crippen LogP contribution >= 0.6 is 34.8 Å². The van der Waals surface area contributed by atoms with Crippen LogP contribution < -0.4 is 9.80 Å². The molecule has 10 heteroatoms. The van der Waals surface area contributed by atoms with Crippen LogP contribution in [-0.4, -0.2) is 23.6 Å². The van der Waals surface area contributed by atoms with E-state index >= 15 is 0 Å². The molecular weight excluding hydrogens is 554 g/mol. The first-order valence-corrected chi connectivity index (χ1v) is 14.0. The van der Waals surface area contributed by atoms with E-state index in [4.69, 9.17) is 34.8 Å². The SMILES string of the molecule is O=C1C2CCCCC2C(=O)N1c1ccc(Cl)c(Cl)c1.O=C1C2CCCCC2C(=O)N1c1ccc(F)c(Cl)c1. The lowest BCUT2D eigenvalue weighted by Crippen LogP contribution is -2.30. The van der Waals surface area contributed by atoms with Crippen LogP contribution in [0.1, 0.15) is 51.4 Å². The summed E-state index contributed by atoms with van der Waals surface area (Å²) in [4.78, 5) is 51.8. The summed E-state index contributed by atoms with van der Waals surface area (Å²) in [5, 5.41) is 0.699. The van der Waals surface area contributed by atoms with E-state index in [1.807, 2.05) is 0 Å². The molecule has 200 valence electrons. The second kappa shape index (κ2) is 10.9. The number of fused-ring (bicyclic) bond motifs is 2. The molecular formula is C28H26Cl3FN2O4. The fourth-order valence-corrected chi connectivity index (χ4v) is 6.55. The smallest absolute Gasteiger partial charge is 0.237 e. The van der Waals surface area contributed by atoms with Gasteiger partial charge in [-0.3, -0.25) is 29.0 Å². The first-order chi connectivity index (χ1) is 18.2. The highest BCUT2D eigenvalue weighted by atomic mass is 35.5. The van der Waals surface area contributed by atoms with Crippen LogP contribution in [0.2, 0.25) is 15.1 Å². The van der Waals surface area contributed by atoms with E-state index in [1.165, 1.54) is 28.0 Å². The third-order valence-electron chi connectivity index (χ3n) is 8.01. The zero-order chi connectivity index (χ0) is 27.1. The van der Waals surface area contributed by atoms with Crippen LogP contribution in [-0.2, 0) is 19.2 Å². The Labute approximate surface area is 235 Å². The molecule has 2 aromatic rings. The van der Waals surface area contributed by atoms with Gasteiger partial charge in [0.25, 0.3) is 0 Å². The molecule has 0 radical (unpaired) electrons.